The zero-order chi connectivity index (χ0) is 18.5. The Morgan fingerprint density at radius 3 is 2.29 bits per heavy atom. The number of carbonyl (C=O) groups excluding carboxylic acids is 1. The average molecular weight is 359 g/mol. The number of aliphatic carboxylic acids is 1. The molecule has 0 saturated carbocycles. The van der Waals surface area contributed by atoms with E-state index in [1.54, 1.807) is 0 Å². The fourth-order valence-corrected chi connectivity index (χ4v) is 1.62. The monoisotopic (exact) mass is 359 g/mol. The highest BCUT2D eigenvalue weighted by Gasteiger charge is 2.38. The summed E-state index contributed by atoms with van der Waals surface area (Å²) in [6.45, 7) is 1.07. The number of hydrogen-bond acceptors (Lipinski definition) is 4. The van der Waals surface area contributed by atoms with E-state index in [9.17, 15) is 31.1 Å². The first-order chi connectivity index (χ1) is 10.9. The third-order valence-corrected chi connectivity index (χ3v) is 2.68. The van der Waals surface area contributed by atoms with E-state index >= 15 is 0 Å². The third-order valence-electron chi connectivity index (χ3n) is 2.68. The Balaban J connectivity index is 0.000000351. The van der Waals surface area contributed by atoms with Crippen LogP contribution in [-0.2, 0) is 15.8 Å². The summed E-state index contributed by atoms with van der Waals surface area (Å²) >= 11 is 0. The predicted octanol–water partition coefficient (Wildman–Crippen LogP) is 1.67. The Hall–Kier alpha value is -2.37. The highest BCUT2D eigenvalue weighted by atomic mass is 19.4. The van der Waals surface area contributed by atoms with Crippen molar-refractivity contribution < 1.29 is 41.0 Å². The van der Waals surface area contributed by atoms with E-state index in [4.69, 9.17) is 9.90 Å². The Morgan fingerprint density at radius 1 is 1.25 bits per heavy atom. The van der Waals surface area contributed by atoms with Crippen molar-refractivity contribution in [1.82, 2.24) is 10.3 Å². The second-order valence-corrected chi connectivity index (χ2v) is 4.42. The summed E-state index contributed by atoms with van der Waals surface area (Å²) in [5.74, 6) is -3.00. The number of carboxylic acid groups (broad SMARTS) is 1. The largest absolute Gasteiger partial charge is 0.490 e. The Labute approximate surface area is 131 Å². The van der Waals surface area contributed by atoms with E-state index in [0.29, 0.717) is 13.1 Å². The van der Waals surface area contributed by atoms with Gasteiger partial charge in [-0.2, -0.15) is 26.3 Å². The molecular weight excluding hydrogens is 348 g/mol. The zero-order valence-corrected chi connectivity index (χ0v) is 11.8. The van der Waals surface area contributed by atoms with E-state index in [2.05, 4.69) is 10.3 Å². The number of rotatable bonds is 1. The molecule has 0 bridgehead atoms. The molecule has 24 heavy (non-hydrogen) atoms. The van der Waals surface area contributed by atoms with Crippen LogP contribution in [0.1, 0.15) is 5.69 Å². The SMILES string of the molecule is O=C(O)C(F)(F)F.O=C1CNCCN1c1ccnc(C(F)(F)F)c1. The van der Waals surface area contributed by atoms with Crippen molar-refractivity contribution in [3.05, 3.63) is 24.0 Å². The number of nitrogens with zero attached hydrogens (tertiary/aromatic N) is 2. The number of nitrogens with one attached hydrogen (secondary N) is 1. The minimum atomic E-state index is -5.08. The molecule has 1 aromatic heterocycles. The summed E-state index contributed by atoms with van der Waals surface area (Å²) < 4.78 is 69.1. The number of hydrogen-bond donors (Lipinski definition) is 2. The van der Waals surface area contributed by atoms with Crippen molar-refractivity contribution in [3.63, 3.8) is 0 Å². The molecule has 0 aliphatic carbocycles. The fraction of sp³-hybridized carbons (Fsp3) is 0.417. The number of aromatic nitrogens is 1. The van der Waals surface area contributed by atoms with Crippen molar-refractivity contribution in [2.24, 2.45) is 0 Å². The number of carbonyl (C=O) groups is 2. The number of piperazine rings is 1. The quantitative estimate of drug-likeness (QED) is 0.746. The van der Waals surface area contributed by atoms with Crippen LogP contribution in [0.15, 0.2) is 18.3 Å². The Bertz CT molecular complexity index is 602. The number of anilines is 1. The van der Waals surface area contributed by atoms with E-state index in [-0.39, 0.29) is 18.1 Å². The molecule has 6 nitrogen and oxygen atoms in total. The maximum Gasteiger partial charge on any atom is 0.490 e. The van der Waals surface area contributed by atoms with Gasteiger partial charge in [0.15, 0.2) is 0 Å². The van der Waals surface area contributed by atoms with Crippen molar-refractivity contribution in [1.29, 1.82) is 0 Å². The highest BCUT2D eigenvalue weighted by molar-refractivity contribution is 5.95. The predicted molar refractivity (Wildman–Crippen MR) is 68.2 cm³/mol. The Kier molecular flexibility index (Phi) is 6.12. The van der Waals surface area contributed by atoms with Gasteiger partial charge in [0.25, 0.3) is 0 Å². The van der Waals surface area contributed by atoms with Crippen LogP contribution in [0, 0.1) is 0 Å². The zero-order valence-electron chi connectivity index (χ0n) is 11.8. The third kappa shape index (κ3) is 5.68. The molecule has 0 radical (unpaired) electrons. The average Bonchev–Trinajstić information content (AvgIpc) is 2.46. The van der Waals surface area contributed by atoms with Gasteiger partial charge >= 0.3 is 18.3 Å². The molecule has 1 aliphatic rings. The fourth-order valence-electron chi connectivity index (χ4n) is 1.62. The van der Waals surface area contributed by atoms with Crippen LogP contribution in [-0.4, -0.2) is 47.8 Å². The first-order valence-corrected chi connectivity index (χ1v) is 6.27. The highest BCUT2D eigenvalue weighted by Crippen LogP contribution is 2.29. The van der Waals surface area contributed by atoms with Crippen molar-refractivity contribution in [3.8, 4) is 0 Å². The lowest BCUT2D eigenvalue weighted by Crippen LogP contribution is -2.48. The van der Waals surface area contributed by atoms with Gasteiger partial charge in [0.2, 0.25) is 5.91 Å². The molecule has 0 atom stereocenters. The van der Waals surface area contributed by atoms with Crippen LogP contribution in [0.5, 0.6) is 0 Å². The standard InChI is InChI=1S/C10H10F3N3O.C2HF3O2/c11-10(12,13)8-5-7(1-2-15-8)16-4-3-14-6-9(16)17;3-2(4,5)1(6)7/h1-2,5,14H,3-4,6H2;(H,6,7). The first kappa shape index (κ1) is 19.7. The molecular formula is C12H11F6N3O3. The number of carboxylic acids is 1. The summed E-state index contributed by atoms with van der Waals surface area (Å²) in [7, 11) is 0. The number of alkyl halides is 6. The number of pyridine rings is 1. The molecule has 1 amide bonds. The molecule has 2 heterocycles. The molecule has 0 aromatic carbocycles. The molecule has 1 fully saturated rings. The van der Waals surface area contributed by atoms with Crippen LogP contribution in [0.3, 0.4) is 0 Å². The summed E-state index contributed by atoms with van der Waals surface area (Å²) in [4.78, 5) is 25.0. The van der Waals surface area contributed by atoms with Gasteiger partial charge in [0, 0.05) is 25.0 Å². The molecule has 2 N–H and O–H groups in total. The van der Waals surface area contributed by atoms with Crippen LogP contribution in [0.25, 0.3) is 0 Å². The number of amides is 1. The van der Waals surface area contributed by atoms with Crippen LogP contribution in [0.4, 0.5) is 32.0 Å². The van der Waals surface area contributed by atoms with Crippen molar-refractivity contribution in [2.45, 2.75) is 12.4 Å². The summed E-state index contributed by atoms with van der Waals surface area (Å²) in [6, 6.07) is 2.29. The minimum absolute atomic E-state index is 0.143. The molecule has 1 aliphatic heterocycles. The van der Waals surface area contributed by atoms with E-state index < -0.39 is 24.0 Å². The lowest BCUT2D eigenvalue weighted by Gasteiger charge is -2.27. The normalized spacial score (nSPS) is 15.6. The van der Waals surface area contributed by atoms with Crippen molar-refractivity contribution in [2.75, 3.05) is 24.5 Å². The van der Waals surface area contributed by atoms with Crippen LogP contribution in [0.2, 0.25) is 0 Å². The molecule has 1 aromatic rings. The van der Waals surface area contributed by atoms with E-state index in [0.717, 1.165) is 12.3 Å². The van der Waals surface area contributed by atoms with Gasteiger partial charge in [0.05, 0.1) is 6.54 Å². The van der Waals surface area contributed by atoms with Gasteiger partial charge in [-0.05, 0) is 12.1 Å². The van der Waals surface area contributed by atoms with Crippen LogP contribution < -0.4 is 10.2 Å². The lowest BCUT2D eigenvalue weighted by atomic mass is 10.2. The number of halogens is 6. The summed E-state index contributed by atoms with van der Waals surface area (Å²) in [6.07, 6.45) is -8.51. The maximum atomic E-state index is 12.5. The smallest absolute Gasteiger partial charge is 0.475 e. The minimum Gasteiger partial charge on any atom is -0.475 e. The van der Waals surface area contributed by atoms with Crippen molar-refractivity contribution >= 4 is 17.6 Å². The van der Waals surface area contributed by atoms with E-state index in [1.165, 1.54) is 11.0 Å². The maximum absolute atomic E-state index is 12.5. The molecule has 1 saturated heterocycles. The molecule has 12 heteroatoms. The van der Waals surface area contributed by atoms with Gasteiger partial charge in [-0.3, -0.25) is 9.78 Å². The molecule has 0 spiro atoms. The molecule has 2 rings (SSSR count). The van der Waals surface area contributed by atoms with Gasteiger partial charge in [0.1, 0.15) is 5.69 Å². The lowest BCUT2D eigenvalue weighted by molar-refractivity contribution is -0.192. The van der Waals surface area contributed by atoms with Gasteiger partial charge in [-0.25, -0.2) is 4.79 Å². The second-order valence-electron chi connectivity index (χ2n) is 4.42. The van der Waals surface area contributed by atoms with Gasteiger partial charge in [-0.1, -0.05) is 0 Å². The van der Waals surface area contributed by atoms with E-state index in [1.807, 2.05) is 0 Å². The Morgan fingerprint density at radius 2 is 1.83 bits per heavy atom. The summed E-state index contributed by atoms with van der Waals surface area (Å²) in [5, 5.41) is 9.98. The summed E-state index contributed by atoms with van der Waals surface area (Å²) in [5.41, 5.74) is -0.750. The molecule has 0 unspecified atom stereocenters. The van der Waals surface area contributed by atoms with Crippen LogP contribution >= 0.6 is 0 Å². The molecule has 134 valence electrons. The topological polar surface area (TPSA) is 82.5 Å². The first-order valence-electron chi connectivity index (χ1n) is 6.27. The van der Waals surface area contributed by atoms with Gasteiger partial charge < -0.3 is 15.3 Å². The second kappa shape index (κ2) is 7.47. The van der Waals surface area contributed by atoms with Gasteiger partial charge in [-0.15, -0.1) is 0 Å².